The van der Waals surface area contributed by atoms with Crippen molar-refractivity contribution in [2.45, 2.75) is 32.4 Å². The van der Waals surface area contributed by atoms with Gasteiger partial charge in [0.15, 0.2) is 11.9 Å². The number of ketones is 1. The summed E-state index contributed by atoms with van der Waals surface area (Å²) in [6.07, 6.45) is -0.733. The number of carboxylic acids is 1. The highest BCUT2D eigenvalue weighted by Crippen LogP contribution is 2.15. The van der Waals surface area contributed by atoms with E-state index in [1.54, 1.807) is 36.4 Å². The van der Waals surface area contributed by atoms with Gasteiger partial charge in [0.05, 0.1) is 0 Å². The number of ether oxygens (including phenoxy) is 1. The smallest absolute Gasteiger partial charge is 0.326 e. The molecule has 6 nitrogen and oxygen atoms in total. The van der Waals surface area contributed by atoms with Gasteiger partial charge >= 0.3 is 5.97 Å². The maximum atomic E-state index is 12.3. The highest BCUT2D eigenvalue weighted by Gasteiger charge is 2.24. The molecule has 0 heterocycles. The molecule has 2 aromatic carbocycles. The van der Waals surface area contributed by atoms with E-state index >= 15 is 0 Å². The predicted octanol–water partition coefficient (Wildman–Crippen LogP) is 2.47. The van der Waals surface area contributed by atoms with Crippen molar-refractivity contribution < 1.29 is 24.2 Å². The van der Waals surface area contributed by atoms with Crippen molar-refractivity contribution in [1.82, 2.24) is 5.32 Å². The van der Waals surface area contributed by atoms with E-state index < -0.39 is 24.0 Å². The number of aliphatic carboxylic acids is 1. The lowest BCUT2D eigenvalue weighted by atomic mass is 10.1. The standard InChI is InChI=1S/C20H21NO5/c1-13(22)16-9-6-10-17(12-16)26-14(2)19(23)21-18(20(24)25)11-15-7-4-3-5-8-15/h3-10,12,14,18H,11H2,1-2H3,(H,21,23)(H,24,25)/t14?,18-/m1/s1. The Morgan fingerprint density at radius 3 is 2.38 bits per heavy atom. The van der Waals surface area contributed by atoms with E-state index in [1.165, 1.54) is 13.8 Å². The molecule has 0 radical (unpaired) electrons. The minimum absolute atomic E-state index is 0.110. The summed E-state index contributed by atoms with van der Waals surface area (Å²) in [5.41, 5.74) is 1.28. The summed E-state index contributed by atoms with van der Waals surface area (Å²) in [4.78, 5) is 35.2. The summed E-state index contributed by atoms with van der Waals surface area (Å²) in [5, 5.41) is 11.9. The van der Waals surface area contributed by atoms with E-state index in [0.29, 0.717) is 11.3 Å². The minimum atomic E-state index is -1.12. The van der Waals surface area contributed by atoms with E-state index in [1.807, 2.05) is 18.2 Å². The van der Waals surface area contributed by atoms with E-state index in [0.717, 1.165) is 5.56 Å². The number of benzene rings is 2. The number of Topliss-reactive ketones (excluding diaryl/α,β-unsaturated/α-hetero) is 1. The molecule has 0 aliphatic carbocycles. The van der Waals surface area contributed by atoms with E-state index in [-0.39, 0.29) is 12.2 Å². The predicted molar refractivity (Wildman–Crippen MR) is 96.2 cm³/mol. The molecule has 2 atom stereocenters. The van der Waals surface area contributed by atoms with Crippen LogP contribution in [0, 0.1) is 0 Å². The topological polar surface area (TPSA) is 92.7 Å². The van der Waals surface area contributed by atoms with Crippen molar-refractivity contribution >= 4 is 17.7 Å². The quantitative estimate of drug-likeness (QED) is 0.710. The normalized spacial score (nSPS) is 12.7. The average Bonchev–Trinajstić information content (AvgIpc) is 2.62. The Labute approximate surface area is 151 Å². The zero-order valence-corrected chi connectivity index (χ0v) is 14.6. The van der Waals surface area contributed by atoms with Crippen LogP contribution in [-0.4, -0.2) is 34.9 Å². The molecule has 26 heavy (non-hydrogen) atoms. The summed E-state index contributed by atoms with van der Waals surface area (Å²) >= 11 is 0. The number of nitrogens with one attached hydrogen (secondary N) is 1. The molecule has 0 saturated carbocycles. The molecular weight excluding hydrogens is 334 g/mol. The van der Waals surface area contributed by atoms with Crippen LogP contribution in [0.1, 0.15) is 29.8 Å². The first-order chi connectivity index (χ1) is 12.4. The first-order valence-electron chi connectivity index (χ1n) is 8.21. The van der Waals surface area contributed by atoms with Crippen molar-refractivity contribution in [3.8, 4) is 5.75 Å². The van der Waals surface area contributed by atoms with Crippen LogP contribution < -0.4 is 10.1 Å². The van der Waals surface area contributed by atoms with Crippen LogP contribution in [0.2, 0.25) is 0 Å². The maximum Gasteiger partial charge on any atom is 0.326 e. The lowest BCUT2D eigenvalue weighted by Gasteiger charge is -2.19. The Hall–Kier alpha value is -3.15. The van der Waals surface area contributed by atoms with Crippen LogP contribution in [-0.2, 0) is 16.0 Å². The Morgan fingerprint density at radius 2 is 1.77 bits per heavy atom. The maximum absolute atomic E-state index is 12.3. The molecule has 6 heteroatoms. The lowest BCUT2D eigenvalue weighted by molar-refractivity contribution is -0.142. The number of carbonyl (C=O) groups excluding carboxylic acids is 2. The van der Waals surface area contributed by atoms with Gasteiger partial charge < -0.3 is 15.2 Å². The van der Waals surface area contributed by atoms with Crippen molar-refractivity contribution in [3.05, 3.63) is 65.7 Å². The van der Waals surface area contributed by atoms with Crippen molar-refractivity contribution in [2.24, 2.45) is 0 Å². The van der Waals surface area contributed by atoms with Crippen LogP contribution in [0.4, 0.5) is 0 Å². The second-order valence-corrected chi connectivity index (χ2v) is 5.93. The third-order valence-electron chi connectivity index (χ3n) is 3.82. The summed E-state index contributed by atoms with van der Waals surface area (Å²) < 4.78 is 5.54. The molecule has 0 saturated heterocycles. The molecule has 1 unspecified atom stereocenters. The first kappa shape index (κ1) is 19.2. The van der Waals surface area contributed by atoms with E-state index in [4.69, 9.17) is 4.74 Å². The van der Waals surface area contributed by atoms with Crippen molar-refractivity contribution in [1.29, 1.82) is 0 Å². The number of carboxylic acid groups (broad SMARTS) is 1. The summed E-state index contributed by atoms with van der Waals surface area (Å²) in [6.45, 7) is 2.97. The largest absolute Gasteiger partial charge is 0.481 e. The molecule has 0 fully saturated rings. The number of hydrogen-bond donors (Lipinski definition) is 2. The molecular formula is C20H21NO5. The van der Waals surface area contributed by atoms with E-state index in [9.17, 15) is 19.5 Å². The van der Waals surface area contributed by atoms with Crippen LogP contribution in [0.3, 0.4) is 0 Å². The fourth-order valence-corrected chi connectivity index (χ4v) is 2.38. The molecule has 2 rings (SSSR count). The molecule has 0 spiro atoms. The SMILES string of the molecule is CC(=O)c1cccc(OC(C)C(=O)N[C@H](Cc2ccccc2)C(=O)O)c1. The zero-order chi connectivity index (χ0) is 19.1. The zero-order valence-electron chi connectivity index (χ0n) is 14.6. The second kappa shape index (κ2) is 8.80. The van der Waals surface area contributed by atoms with Crippen molar-refractivity contribution in [3.63, 3.8) is 0 Å². The van der Waals surface area contributed by atoms with Crippen LogP contribution >= 0.6 is 0 Å². The van der Waals surface area contributed by atoms with Crippen molar-refractivity contribution in [2.75, 3.05) is 0 Å². The third-order valence-corrected chi connectivity index (χ3v) is 3.82. The fourth-order valence-electron chi connectivity index (χ4n) is 2.38. The Bertz CT molecular complexity index is 788. The molecule has 0 aromatic heterocycles. The monoisotopic (exact) mass is 355 g/mol. The van der Waals surface area contributed by atoms with Gasteiger partial charge in [0.25, 0.3) is 5.91 Å². The Kier molecular flexibility index (Phi) is 6.49. The highest BCUT2D eigenvalue weighted by atomic mass is 16.5. The van der Waals surface area contributed by atoms with Gasteiger partial charge in [-0.25, -0.2) is 4.79 Å². The molecule has 2 N–H and O–H groups in total. The van der Waals surface area contributed by atoms with Gasteiger partial charge in [0.2, 0.25) is 0 Å². The third kappa shape index (κ3) is 5.44. The van der Waals surface area contributed by atoms with Gasteiger partial charge in [0, 0.05) is 12.0 Å². The average molecular weight is 355 g/mol. The van der Waals surface area contributed by atoms with Gasteiger partial charge in [-0.2, -0.15) is 0 Å². The lowest BCUT2D eigenvalue weighted by Crippen LogP contribution is -2.47. The van der Waals surface area contributed by atoms with Gasteiger partial charge in [-0.1, -0.05) is 42.5 Å². The Morgan fingerprint density at radius 1 is 1.08 bits per heavy atom. The van der Waals surface area contributed by atoms with Gasteiger partial charge in [-0.05, 0) is 31.5 Å². The number of carbonyl (C=O) groups is 3. The minimum Gasteiger partial charge on any atom is -0.481 e. The van der Waals surface area contributed by atoms with Crippen LogP contribution in [0.5, 0.6) is 5.75 Å². The van der Waals surface area contributed by atoms with Crippen LogP contribution in [0.15, 0.2) is 54.6 Å². The molecule has 0 aliphatic heterocycles. The molecule has 136 valence electrons. The fraction of sp³-hybridized carbons (Fsp3) is 0.250. The van der Waals surface area contributed by atoms with Crippen LogP contribution in [0.25, 0.3) is 0 Å². The first-order valence-corrected chi connectivity index (χ1v) is 8.21. The number of rotatable bonds is 8. The molecule has 1 amide bonds. The van der Waals surface area contributed by atoms with Gasteiger partial charge in [-0.15, -0.1) is 0 Å². The summed E-state index contributed by atoms with van der Waals surface area (Å²) in [6, 6.07) is 14.5. The Balaban J connectivity index is 2.01. The molecule has 0 bridgehead atoms. The summed E-state index contributed by atoms with van der Waals surface area (Å²) in [5.74, 6) is -1.40. The number of amides is 1. The summed E-state index contributed by atoms with van der Waals surface area (Å²) in [7, 11) is 0. The second-order valence-electron chi connectivity index (χ2n) is 5.93. The molecule has 0 aliphatic rings. The number of hydrogen-bond acceptors (Lipinski definition) is 4. The molecule has 2 aromatic rings. The highest BCUT2D eigenvalue weighted by molar-refractivity contribution is 5.94. The van der Waals surface area contributed by atoms with Gasteiger partial charge in [0.1, 0.15) is 11.8 Å². The van der Waals surface area contributed by atoms with Gasteiger partial charge in [-0.3, -0.25) is 9.59 Å². The van der Waals surface area contributed by atoms with E-state index in [2.05, 4.69) is 5.32 Å².